The van der Waals surface area contributed by atoms with E-state index < -0.39 is 10.7 Å². The van der Waals surface area contributed by atoms with Gasteiger partial charge in [-0.3, -0.25) is 10.1 Å². The second-order valence-corrected chi connectivity index (χ2v) is 4.98. The topological polar surface area (TPSA) is 78.4 Å². The quantitative estimate of drug-likeness (QED) is 0.675. The first-order valence-electron chi connectivity index (χ1n) is 6.34. The second-order valence-electron chi connectivity index (χ2n) is 4.98. The summed E-state index contributed by atoms with van der Waals surface area (Å²) in [6.07, 6.45) is 3.24. The monoisotopic (exact) mass is 268 g/mol. The zero-order chi connectivity index (χ0) is 14.0. The van der Waals surface area contributed by atoms with Crippen LogP contribution in [0.4, 0.5) is 10.1 Å². The van der Waals surface area contributed by atoms with Crippen molar-refractivity contribution >= 4 is 5.69 Å². The summed E-state index contributed by atoms with van der Waals surface area (Å²) in [5, 5.41) is 10.7. The minimum Gasteiger partial charge on any atom is -0.487 e. The van der Waals surface area contributed by atoms with Crippen LogP contribution in [0.15, 0.2) is 12.1 Å². The van der Waals surface area contributed by atoms with Crippen molar-refractivity contribution in [1.82, 2.24) is 0 Å². The SMILES string of the molecule is Cc1cc(OC2CCC(N)CC2)c(F)cc1[N+](=O)[O-]. The lowest BCUT2D eigenvalue weighted by Gasteiger charge is -2.27. The summed E-state index contributed by atoms with van der Waals surface area (Å²) in [7, 11) is 0. The number of rotatable bonds is 3. The smallest absolute Gasteiger partial charge is 0.275 e. The Morgan fingerprint density at radius 3 is 2.58 bits per heavy atom. The molecule has 19 heavy (non-hydrogen) atoms. The third-order valence-corrected chi connectivity index (χ3v) is 3.46. The highest BCUT2D eigenvalue weighted by molar-refractivity contribution is 5.45. The lowest BCUT2D eigenvalue weighted by Crippen LogP contribution is -2.31. The van der Waals surface area contributed by atoms with Gasteiger partial charge in [0.05, 0.1) is 17.1 Å². The molecule has 2 N–H and O–H groups in total. The van der Waals surface area contributed by atoms with Crippen molar-refractivity contribution in [1.29, 1.82) is 0 Å². The maximum atomic E-state index is 13.8. The van der Waals surface area contributed by atoms with Crippen LogP contribution in [0.5, 0.6) is 5.75 Å². The Hall–Kier alpha value is -1.69. The first kappa shape index (κ1) is 13.7. The summed E-state index contributed by atoms with van der Waals surface area (Å²) >= 11 is 0. The number of aryl methyl sites for hydroxylation is 1. The summed E-state index contributed by atoms with van der Waals surface area (Å²) in [6.45, 7) is 1.57. The molecule has 0 amide bonds. The molecule has 1 aromatic rings. The Balaban J connectivity index is 2.13. The number of halogens is 1. The van der Waals surface area contributed by atoms with Crippen molar-refractivity contribution < 1.29 is 14.1 Å². The largest absolute Gasteiger partial charge is 0.487 e. The van der Waals surface area contributed by atoms with Crippen molar-refractivity contribution in [2.24, 2.45) is 5.73 Å². The van der Waals surface area contributed by atoms with Crippen LogP contribution in [0.25, 0.3) is 0 Å². The molecule has 0 aromatic heterocycles. The summed E-state index contributed by atoms with van der Waals surface area (Å²) < 4.78 is 19.4. The third-order valence-electron chi connectivity index (χ3n) is 3.46. The lowest BCUT2D eigenvalue weighted by molar-refractivity contribution is -0.385. The van der Waals surface area contributed by atoms with Gasteiger partial charge in [0, 0.05) is 11.6 Å². The Kier molecular flexibility index (Phi) is 3.99. The van der Waals surface area contributed by atoms with Crippen LogP contribution < -0.4 is 10.5 Å². The fraction of sp³-hybridized carbons (Fsp3) is 0.538. The normalized spacial score (nSPS) is 23.1. The number of nitrogens with two attached hydrogens (primary N) is 1. The standard InChI is InChI=1S/C13H17FN2O3/c1-8-6-13(11(14)7-12(8)16(17)18)19-10-4-2-9(15)3-5-10/h6-7,9-10H,2-5,15H2,1H3. The zero-order valence-electron chi connectivity index (χ0n) is 10.8. The average Bonchev–Trinajstić information content (AvgIpc) is 2.35. The number of nitro groups is 1. The number of nitro benzene ring substituents is 1. The maximum Gasteiger partial charge on any atom is 0.275 e. The van der Waals surface area contributed by atoms with E-state index in [4.69, 9.17) is 10.5 Å². The number of benzene rings is 1. The lowest BCUT2D eigenvalue weighted by atomic mass is 9.94. The van der Waals surface area contributed by atoms with Crippen molar-refractivity contribution in [2.75, 3.05) is 0 Å². The van der Waals surface area contributed by atoms with Crippen LogP contribution in [0, 0.1) is 22.9 Å². The third kappa shape index (κ3) is 3.20. The van der Waals surface area contributed by atoms with Crippen LogP contribution in [0.1, 0.15) is 31.2 Å². The van der Waals surface area contributed by atoms with Gasteiger partial charge in [0.1, 0.15) is 0 Å². The molecule has 104 valence electrons. The van der Waals surface area contributed by atoms with Crippen molar-refractivity contribution in [3.8, 4) is 5.75 Å². The Morgan fingerprint density at radius 2 is 2.00 bits per heavy atom. The Morgan fingerprint density at radius 1 is 1.37 bits per heavy atom. The van der Waals surface area contributed by atoms with Gasteiger partial charge in [-0.2, -0.15) is 0 Å². The molecule has 0 bridgehead atoms. The van der Waals surface area contributed by atoms with Crippen molar-refractivity contribution in [3.63, 3.8) is 0 Å². The molecule has 0 aliphatic heterocycles. The van der Waals surface area contributed by atoms with Gasteiger partial charge in [-0.25, -0.2) is 4.39 Å². The Labute approximate surface area is 110 Å². The molecule has 1 aromatic carbocycles. The molecular weight excluding hydrogens is 251 g/mol. The number of nitrogens with zero attached hydrogens (tertiary/aromatic N) is 1. The van der Waals surface area contributed by atoms with E-state index in [1.807, 2.05) is 0 Å². The molecule has 1 fully saturated rings. The number of hydrogen-bond donors (Lipinski definition) is 1. The molecule has 2 rings (SSSR count). The van der Waals surface area contributed by atoms with Gasteiger partial charge in [-0.05, 0) is 38.7 Å². The fourth-order valence-electron chi connectivity index (χ4n) is 2.32. The van der Waals surface area contributed by atoms with Gasteiger partial charge in [0.2, 0.25) is 0 Å². The van der Waals surface area contributed by atoms with Crippen LogP contribution in [-0.4, -0.2) is 17.1 Å². The molecule has 0 atom stereocenters. The van der Waals surface area contributed by atoms with Crippen LogP contribution in [0.2, 0.25) is 0 Å². The molecule has 5 nitrogen and oxygen atoms in total. The fourth-order valence-corrected chi connectivity index (χ4v) is 2.32. The molecule has 0 saturated heterocycles. The predicted molar refractivity (Wildman–Crippen MR) is 68.7 cm³/mol. The molecule has 6 heteroatoms. The summed E-state index contributed by atoms with van der Waals surface area (Å²) in [5.41, 5.74) is 5.96. The van der Waals surface area contributed by atoms with E-state index in [0.29, 0.717) is 5.56 Å². The minimum atomic E-state index is -0.688. The van der Waals surface area contributed by atoms with Crippen LogP contribution in [-0.2, 0) is 0 Å². The highest BCUT2D eigenvalue weighted by atomic mass is 19.1. The molecule has 0 unspecified atom stereocenters. The first-order valence-corrected chi connectivity index (χ1v) is 6.34. The van der Waals surface area contributed by atoms with Crippen molar-refractivity contribution in [2.45, 2.75) is 44.8 Å². The van der Waals surface area contributed by atoms with E-state index in [1.54, 1.807) is 6.92 Å². The number of ether oxygens (including phenoxy) is 1. The summed E-state index contributed by atoms with van der Waals surface area (Å²) in [4.78, 5) is 10.1. The van der Waals surface area contributed by atoms with Gasteiger partial charge in [0.25, 0.3) is 5.69 Å². The van der Waals surface area contributed by atoms with Gasteiger partial charge in [-0.15, -0.1) is 0 Å². The summed E-state index contributed by atoms with van der Waals surface area (Å²) in [6, 6.07) is 2.50. The van der Waals surface area contributed by atoms with E-state index in [9.17, 15) is 14.5 Å². The van der Waals surface area contributed by atoms with Crippen LogP contribution >= 0.6 is 0 Å². The van der Waals surface area contributed by atoms with Gasteiger partial charge in [0.15, 0.2) is 11.6 Å². The number of hydrogen-bond acceptors (Lipinski definition) is 4. The first-order chi connectivity index (χ1) is 8.97. The molecule has 0 spiro atoms. The van der Waals surface area contributed by atoms with E-state index in [2.05, 4.69) is 0 Å². The highest BCUT2D eigenvalue weighted by Crippen LogP contribution is 2.30. The van der Waals surface area contributed by atoms with Gasteiger partial charge in [-0.1, -0.05) is 0 Å². The minimum absolute atomic E-state index is 0.0600. The van der Waals surface area contributed by atoms with Crippen LogP contribution in [0.3, 0.4) is 0 Å². The van der Waals surface area contributed by atoms with E-state index in [0.717, 1.165) is 31.7 Å². The van der Waals surface area contributed by atoms with Gasteiger partial charge >= 0.3 is 0 Å². The van der Waals surface area contributed by atoms with Gasteiger partial charge < -0.3 is 10.5 Å². The predicted octanol–water partition coefficient (Wildman–Crippen LogP) is 2.69. The summed E-state index contributed by atoms with van der Waals surface area (Å²) in [5.74, 6) is -0.601. The Bertz CT molecular complexity index is 485. The highest BCUT2D eigenvalue weighted by Gasteiger charge is 2.22. The molecule has 1 aliphatic carbocycles. The zero-order valence-corrected chi connectivity index (χ0v) is 10.8. The van der Waals surface area contributed by atoms with E-state index >= 15 is 0 Å². The molecular formula is C13H17FN2O3. The van der Waals surface area contributed by atoms with E-state index in [1.165, 1.54) is 6.07 Å². The molecule has 0 heterocycles. The molecule has 0 radical (unpaired) electrons. The molecule has 1 saturated carbocycles. The second kappa shape index (κ2) is 5.52. The average molecular weight is 268 g/mol. The van der Waals surface area contributed by atoms with Crippen molar-refractivity contribution in [3.05, 3.63) is 33.6 Å². The van der Waals surface area contributed by atoms with E-state index in [-0.39, 0.29) is 23.6 Å². The maximum absolute atomic E-state index is 13.8. The molecule has 1 aliphatic rings.